The van der Waals surface area contributed by atoms with E-state index in [0.717, 1.165) is 46.2 Å². The molecule has 3 heteroatoms. The second-order valence-corrected chi connectivity index (χ2v) is 10.1. The Kier molecular flexibility index (Phi) is 24.4. The molecule has 0 amide bonds. The third kappa shape index (κ3) is 12.6. The van der Waals surface area contributed by atoms with Crippen molar-refractivity contribution in [2.45, 2.75) is 81.1 Å². The van der Waals surface area contributed by atoms with Gasteiger partial charge in [-0.3, -0.25) is 0 Å². The standard InChI is InChI=1S/2C12H8N.C12H19.4C2H6.Y/c2*1-3-7-11-9(5-1)10-6-2-4-8-12(10)13-11;1-4-7-12-9-10(5-2)8-11(12)6-3;4*1-2;/h2*1-8H;5-6,10-12H,1-4,7-9H2;4*1-2H3;/q3*-1;;;;;+3. The number of rotatable bonds is 4. The second kappa shape index (κ2) is 26.1. The van der Waals surface area contributed by atoms with Gasteiger partial charge in [0, 0.05) is 0 Å². The van der Waals surface area contributed by atoms with Gasteiger partial charge in [-0.2, -0.15) is 6.42 Å². The molecule has 248 valence electrons. The van der Waals surface area contributed by atoms with Gasteiger partial charge < -0.3 is 16.9 Å². The van der Waals surface area contributed by atoms with E-state index in [-0.39, 0.29) is 32.7 Å². The van der Waals surface area contributed by atoms with Crippen molar-refractivity contribution in [1.82, 2.24) is 9.97 Å². The maximum atomic E-state index is 4.52. The summed E-state index contributed by atoms with van der Waals surface area (Å²) < 4.78 is 0. The molecule has 0 saturated heterocycles. The van der Waals surface area contributed by atoms with E-state index in [2.05, 4.69) is 115 Å². The van der Waals surface area contributed by atoms with Crippen LogP contribution >= 0.6 is 0 Å². The van der Waals surface area contributed by atoms with Crippen molar-refractivity contribution in [2.24, 2.45) is 17.8 Å². The molecule has 0 radical (unpaired) electrons. The Balaban J connectivity index is 0.000000604. The SMILES string of the molecule is C=CC1CC(C=C)C(CC[CH2-])C1.CC.CC.CC.CC.[Y+3].c1ccc2c(c1)[n-]c1ccccc12.c1ccc2c(c1)[n-]c1ccccc12. The first kappa shape index (κ1) is 44.1. The van der Waals surface area contributed by atoms with Crippen LogP contribution in [0, 0.1) is 24.7 Å². The van der Waals surface area contributed by atoms with Gasteiger partial charge in [0.25, 0.3) is 0 Å². The maximum absolute atomic E-state index is 4.52. The predicted octanol–water partition coefficient (Wildman–Crippen LogP) is 13.6. The molecule has 0 spiro atoms. The normalized spacial score (nSPS) is 15.6. The van der Waals surface area contributed by atoms with Crippen molar-refractivity contribution in [3.8, 4) is 0 Å². The van der Waals surface area contributed by atoms with Crippen LogP contribution in [0.25, 0.3) is 43.6 Å². The van der Waals surface area contributed by atoms with E-state index in [4.69, 9.17) is 0 Å². The molecule has 0 N–H and O–H groups in total. The second-order valence-electron chi connectivity index (χ2n) is 10.1. The van der Waals surface area contributed by atoms with E-state index < -0.39 is 0 Å². The topological polar surface area (TPSA) is 28.2 Å². The zero-order chi connectivity index (χ0) is 34.3. The summed E-state index contributed by atoms with van der Waals surface area (Å²) >= 11 is 0. The number of hydrogen-bond donors (Lipinski definition) is 0. The number of aromatic nitrogens is 2. The van der Waals surface area contributed by atoms with Gasteiger partial charge in [-0.05, 0) is 52.1 Å². The van der Waals surface area contributed by atoms with Crippen LogP contribution in [0.2, 0.25) is 0 Å². The summed E-state index contributed by atoms with van der Waals surface area (Å²) in [6.45, 7) is 27.7. The Bertz CT molecular complexity index is 1450. The predicted molar refractivity (Wildman–Crippen MR) is 210 cm³/mol. The van der Waals surface area contributed by atoms with Crippen molar-refractivity contribution >= 4 is 43.6 Å². The van der Waals surface area contributed by atoms with E-state index in [1.165, 1.54) is 40.8 Å². The van der Waals surface area contributed by atoms with Crippen LogP contribution in [0.1, 0.15) is 81.1 Å². The third-order valence-corrected chi connectivity index (χ3v) is 7.68. The van der Waals surface area contributed by atoms with E-state index in [1.807, 2.05) is 79.7 Å². The molecule has 7 rings (SSSR count). The fourth-order valence-electron chi connectivity index (χ4n) is 5.73. The first-order valence-corrected chi connectivity index (χ1v) is 17.6. The Morgan fingerprint density at radius 3 is 1.15 bits per heavy atom. The first-order valence-electron chi connectivity index (χ1n) is 17.6. The summed E-state index contributed by atoms with van der Waals surface area (Å²) in [7, 11) is 0. The largest absolute Gasteiger partial charge is 3.00 e. The molecular formula is C44H59N2Y. The van der Waals surface area contributed by atoms with Crippen LogP contribution in [-0.4, -0.2) is 0 Å². The molecule has 0 aliphatic heterocycles. The average Bonchev–Trinajstić information content (AvgIpc) is 3.85. The Morgan fingerprint density at radius 1 is 0.553 bits per heavy atom. The molecule has 3 unspecified atom stereocenters. The van der Waals surface area contributed by atoms with Crippen LogP contribution < -0.4 is 9.97 Å². The molecular weight excluding hydrogens is 645 g/mol. The van der Waals surface area contributed by atoms with Crippen LogP contribution in [-0.2, 0) is 32.7 Å². The average molecular weight is 705 g/mol. The molecule has 2 aromatic heterocycles. The molecule has 1 aliphatic carbocycles. The van der Waals surface area contributed by atoms with Crippen LogP contribution in [0.4, 0.5) is 0 Å². The van der Waals surface area contributed by atoms with Gasteiger partial charge in [-0.15, -0.1) is 35.2 Å². The summed E-state index contributed by atoms with van der Waals surface area (Å²) in [5.41, 5.74) is 4.35. The number of allylic oxidation sites excluding steroid dienone is 2. The minimum absolute atomic E-state index is 0. The molecule has 47 heavy (non-hydrogen) atoms. The summed E-state index contributed by atoms with van der Waals surface area (Å²) in [5, 5.41) is 4.99. The Labute approximate surface area is 312 Å². The third-order valence-electron chi connectivity index (χ3n) is 7.68. The number of fused-ring (bicyclic) bond motifs is 6. The molecule has 4 aromatic carbocycles. The molecule has 1 fully saturated rings. The number of hydrogen-bond acceptors (Lipinski definition) is 0. The van der Waals surface area contributed by atoms with Gasteiger partial charge in [-0.25, -0.2) is 0 Å². The first-order chi connectivity index (χ1) is 22.7. The minimum Gasteiger partial charge on any atom is -0.657 e. The molecule has 0 bridgehead atoms. The van der Waals surface area contributed by atoms with Gasteiger partial charge in [0.2, 0.25) is 0 Å². The van der Waals surface area contributed by atoms with Gasteiger partial charge in [0.1, 0.15) is 0 Å². The fourth-order valence-corrected chi connectivity index (χ4v) is 5.73. The summed E-state index contributed by atoms with van der Waals surface area (Å²) in [6, 6.07) is 33.0. The smallest absolute Gasteiger partial charge is 0.657 e. The van der Waals surface area contributed by atoms with Gasteiger partial charge in [0.15, 0.2) is 0 Å². The molecule has 6 aromatic rings. The van der Waals surface area contributed by atoms with Gasteiger partial charge >= 0.3 is 32.7 Å². The van der Waals surface area contributed by atoms with Crippen molar-refractivity contribution in [3.63, 3.8) is 0 Å². The molecule has 1 aliphatic rings. The zero-order valence-electron chi connectivity index (χ0n) is 30.5. The van der Waals surface area contributed by atoms with Gasteiger partial charge in [0.05, 0.1) is 0 Å². The summed E-state index contributed by atoms with van der Waals surface area (Å²) in [4.78, 5) is 9.03. The van der Waals surface area contributed by atoms with E-state index in [0.29, 0.717) is 0 Å². The van der Waals surface area contributed by atoms with Crippen molar-refractivity contribution < 1.29 is 32.7 Å². The Hall–Kier alpha value is -2.94. The van der Waals surface area contributed by atoms with Crippen molar-refractivity contribution in [1.29, 1.82) is 0 Å². The molecule has 2 heterocycles. The quantitative estimate of drug-likeness (QED) is 0.135. The monoisotopic (exact) mass is 704 g/mol. The summed E-state index contributed by atoms with van der Waals surface area (Å²) in [6.07, 6.45) is 9.08. The molecule has 2 nitrogen and oxygen atoms in total. The zero-order valence-corrected chi connectivity index (χ0v) is 33.4. The number of para-hydroxylation sites is 4. The molecule has 1 saturated carbocycles. The molecule has 3 atom stereocenters. The van der Waals surface area contributed by atoms with Gasteiger partial charge in [-0.1, -0.05) is 171 Å². The van der Waals surface area contributed by atoms with Crippen molar-refractivity contribution in [3.05, 3.63) is 129 Å². The van der Waals surface area contributed by atoms with Crippen LogP contribution in [0.5, 0.6) is 0 Å². The number of benzene rings is 4. The van der Waals surface area contributed by atoms with Crippen molar-refractivity contribution in [2.75, 3.05) is 0 Å². The Morgan fingerprint density at radius 2 is 0.872 bits per heavy atom. The number of nitrogens with zero attached hydrogens (tertiary/aromatic N) is 2. The van der Waals surface area contributed by atoms with E-state index in [9.17, 15) is 0 Å². The maximum Gasteiger partial charge on any atom is 3.00 e. The van der Waals surface area contributed by atoms with E-state index >= 15 is 0 Å². The fraction of sp³-hybridized carbons (Fsp3) is 0.341. The van der Waals surface area contributed by atoms with E-state index in [1.54, 1.807) is 0 Å². The van der Waals surface area contributed by atoms with Crippen LogP contribution in [0.15, 0.2) is 122 Å². The minimum atomic E-state index is 0. The summed E-state index contributed by atoms with van der Waals surface area (Å²) in [5.74, 6) is 2.27. The van der Waals surface area contributed by atoms with Crippen LogP contribution in [0.3, 0.4) is 0 Å².